The molecule has 1 aliphatic rings. The van der Waals surface area contributed by atoms with E-state index in [2.05, 4.69) is 51.5 Å². The number of nitrogens with zero attached hydrogens (tertiary/aromatic N) is 3. The van der Waals surface area contributed by atoms with Crippen molar-refractivity contribution < 1.29 is 0 Å². The Hall–Kier alpha value is -2.34. The second-order valence-electron chi connectivity index (χ2n) is 7.07. The molecule has 2 aromatic rings. The average Bonchev–Trinajstić information content (AvgIpc) is 3.18. The first kappa shape index (κ1) is 19.4. The standard InChI is InChI=1S/C21H32N6/c1-3-12-27-13-10-18(11-14-27)25-21(22-4-2)24-16-20-23-15-19(26-20)17-8-6-5-7-9-17/h5-9,15,18H,3-4,10-14,16H2,1-2H3,(H,23,26)(H2,22,24,25). The molecule has 6 nitrogen and oxygen atoms in total. The van der Waals surface area contributed by atoms with Gasteiger partial charge in [0.05, 0.1) is 11.9 Å². The van der Waals surface area contributed by atoms with Gasteiger partial charge in [0, 0.05) is 25.7 Å². The topological polar surface area (TPSA) is 68.3 Å². The summed E-state index contributed by atoms with van der Waals surface area (Å²) in [6, 6.07) is 10.7. The molecule has 2 heterocycles. The van der Waals surface area contributed by atoms with Crippen LogP contribution in [0.2, 0.25) is 0 Å². The molecule has 3 rings (SSSR count). The van der Waals surface area contributed by atoms with Gasteiger partial charge in [0.2, 0.25) is 0 Å². The van der Waals surface area contributed by atoms with Crippen molar-refractivity contribution in [3.63, 3.8) is 0 Å². The van der Waals surface area contributed by atoms with Crippen LogP contribution in [0.3, 0.4) is 0 Å². The summed E-state index contributed by atoms with van der Waals surface area (Å²) in [5.74, 6) is 1.76. The van der Waals surface area contributed by atoms with Crippen molar-refractivity contribution >= 4 is 5.96 Å². The maximum atomic E-state index is 4.73. The number of imidazole rings is 1. The Morgan fingerprint density at radius 1 is 1.22 bits per heavy atom. The minimum atomic E-state index is 0.493. The van der Waals surface area contributed by atoms with Gasteiger partial charge in [-0.2, -0.15) is 0 Å². The van der Waals surface area contributed by atoms with Crippen molar-refractivity contribution in [2.24, 2.45) is 4.99 Å². The maximum Gasteiger partial charge on any atom is 0.191 e. The number of aromatic amines is 1. The number of rotatable bonds is 7. The molecule has 1 aliphatic heterocycles. The molecule has 1 saturated heterocycles. The zero-order valence-electron chi connectivity index (χ0n) is 16.5. The van der Waals surface area contributed by atoms with Crippen molar-refractivity contribution in [2.75, 3.05) is 26.2 Å². The second-order valence-corrected chi connectivity index (χ2v) is 7.07. The SMILES string of the molecule is CCCN1CCC(NC(=NCc2ncc(-c3ccccc3)[nH]2)NCC)CC1. The first-order valence-corrected chi connectivity index (χ1v) is 10.1. The van der Waals surface area contributed by atoms with Crippen LogP contribution in [0.25, 0.3) is 11.3 Å². The number of nitrogens with one attached hydrogen (secondary N) is 3. The Kier molecular flexibility index (Phi) is 7.27. The normalized spacial score (nSPS) is 16.4. The molecule has 27 heavy (non-hydrogen) atoms. The molecule has 0 unspecified atom stereocenters. The van der Waals surface area contributed by atoms with E-state index in [0.29, 0.717) is 12.6 Å². The lowest BCUT2D eigenvalue weighted by Gasteiger charge is -2.32. The van der Waals surface area contributed by atoms with Crippen LogP contribution in [0.5, 0.6) is 0 Å². The molecule has 0 amide bonds. The zero-order chi connectivity index (χ0) is 18.9. The quantitative estimate of drug-likeness (QED) is 0.519. The van der Waals surface area contributed by atoms with Crippen LogP contribution in [0.1, 0.15) is 38.9 Å². The van der Waals surface area contributed by atoms with Crippen LogP contribution in [0.15, 0.2) is 41.5 Å². The lowest BCUT2D eigenvalue weighted by atomic mass is 10.1. The molecule has 0 atom stereocenters. The Labute approximate surface area is 162 Å². The number of benzene rings is 1. The summed E-state index contributed by atoms with van der Waals surface area (Å²) in [4.78, 5) is 15.1. The highest BCUT2D eigenvalue weighted by molar-refractivity contribution is 5.80. The summed E-state index contributed by atoms with van der Waals surface area (Å²) < 4.78 is 0. The number of aliphatic imine (C=N–C) groups is 1. The number of hydrogen-bond donors (Lipinski definition) is 3. The van der Waals surface area contributed by atoms with E-state index in [1.54, 1.807) is 0 Å². The molecule has 0 bridgehead atoms. The third-order valence-electron chi connectivity index (χ3n) is 4.91. The first-order valence-electron chi connectivity index (χ1n) is 10.1. The van der Waals surface area contributed by atoms with Crippen molar-refractivity contribution in [3.05, 3.63) is 42.4 Å². The minimum Gasteiger partial charge on any atom is -0.357 e. The van der Waals surface area contributed by atoms with Crippen LogP contribution in [0.4, 0.5) is 0 Å². The van der Waals surface area contributed by atoms with Crippen LogP contribution in [0, 0.1) is 0 Å². The number of guanidine groups is 1. The maximum absolute atomic E-state index is 4.73. The van der Waals surface area contributed by atoms with Gasteiger partial charge in [-0.3, -0.25) is 0 Å². The third kappa shape index (κ3) is 5.82. The van der Waals surface area contributed by atoms with E-state index in [0.717, 1.165) is 29.6 Å². The van der Waals surface area contributed by atoms with Gasteiger partial charge in [-0.15, -0.1) is 0 Å². The molecule has 3 N–H and O–H groups in total. The Morgan fingerprint density at radius 2 is 2.00 bits per heavy atom. The highest BCUT2D eigenvalue weighted by atomic mass is 15.2. The molecule has 0 aliphatic carbocycles. The van der Waals surface area contributed by atoms with E-state index in [1.165, 1.54) is 38.9 Å². The van der Waals surface area contributed by atoms with E-state index in [-0.39, 0.29) is 0 Å². The molecule has 146 valence electrons. The fraction of sp³-hybridized carbons (Fsp3) is 0.524. The van der Waals surface area contributed by atoms with Crippen LogP contribution < -0.4 is 10.6 Å². The van der Waals surface area contributed by atoms with Gasteiger partial charge in [-0.05, 0) is 38.3 Å². The number of hydrogen-bond acceptors (Lipinski definition) is 3. The van der Waals surface area contributed by atoms with Gasteiger partial charge in [-0.25, -0.2) is 9.98 Å². The predicted molar refractivity (Wildman–Crippen MR) is 112 cm³/mol. The van der Waals surface area contributed by atoms with E-state index in [4.69, 9.17) is 4.99 Å². The van der Waals surface area contributed by atoms with E-state index < -0.39 is 0 Å². The summed E-state index contributed by atoms with van der Waals surface area (Å²) in [5.41, 5.74) is 2.17. The van der Waals surface area contributed by atoms with E-state index in [9.17, 15) is 0 Å². The van der Waals surface area contributed by atoms with Gasteiger partial charge in [0.25, 0.3) is 0 Å². The van der Waals surface area contributed by atoms with Gasteiger partial charge in [-0.1, -0.05) is 37.3 Å². The molecule has 1 aromatic heterocycles. The van der Waals surface area contributed by atoms with Crippen molar-refractivity contribution in [1.29, 1.82) is 0 Å². The average molecular weight is 369 g/mol. The summed E-state index contributed by atoms with van der Waals surface area (Å²) >= 11 is 0. The van der Waals surface area contributed by atoms with Crippen molar-refractivity contribution in [2.45, 2.75) is 45.7 Å². The first-order chi connectivity index (χ1) is 13.3. The lowest BCUT2D eigenvalue weighted by molar-refractivity contribution is 0.206. The van der Waals surface area contributed by atoms with Crippen molar-refractivity contribution in [3.8, 4) is 11.3 Å². The second kappa shape index (κ2) is 10.1. The molecule has 0 saturated carbocycles. The molecular weight excluding hydrogens is 336 g/mol. The van der Waals surface area contributed by atoms with Crippen LogP contribution >= 0.6 is 0 Å². The van der Waals surface area contributed by atoms with E-state index >= 15 is 0 Å². The number of aromatic nitrogens is 2. The highest BCUT2D eigenvalue weighted by Gasteiger charge is 2.19. The van der Waals surface area contributed by atoms with Gasteiger partial charge in [0.15, 0.2) is 5.96 Å². The molecule has 0 spiro atoms. The molecule has 0 radical (unpaired) electrons. The Morgan fingerprint density at radius 3 is 2.70 bits per heavy atom. The summed E-state index contributed by atoms with van der Waals surface area (Å²) in [7, 11) is 0. The monoisotopic (exact) mass is 368 g/mol. The fourth-order valence-corrected chi connectivity index (χ4v) is 3.49. The van der Waals surface area contributed by atoms with Crippen molar-refractivity contribution in [1.82, 2.24) is 25.5 Å². The third-order valence-corrected chi connectivity index (χ3v) is 4.91. The molecular formula is C21H32N6. The predicted octanol–water partition coefficient (Wildman–Crippen LogP) is 3.01. The minimum absolute atomic E-state index is 0.493. The summed E-state index contributed by atoms with van der Waals surface area (Å²) in [6.07, 6.45) is 5.45. The van der Waals surface area contributed by atoms with Gasteiger partial charge in [0.1, 0.15) is 12.4 Å². The lowest BCUT2D eigenvalue weighted by Crippen LogP contribution is -2.48. The summed E-state index contributed by atoms with van der Waals surface area (Å²) in [5, 5.41) is 6.96. The van der Waals surface area contributed by atoms with Gasteiger partial charge >= 0.3 is 0 Å². The van der Waals surface area contributed by atoms with E-state index in [1.807, 2.05) is 24.4 Å². The smallest absolute Gasteiger partial charge is 0.191 e. The Bertz CT molecular complexity index is 700. The molecule has 1 aromatic carbocycles. The number of H-pyrrole nitrogens is 1. The number of likely N-dealkylation sites (tertiary alicyclic amines) is 1. The number of piperidine rings is 1. The fourth-order valence-electron chi connectivity index (χ4n) is 3.49. The largest absolute Gasteiger partial charge is 0.357 e. The molecule has 6 heteroatoms. The molecule has 1 fully saturated rings. The summed E-state index contributed by atoms with van der Waals surface area (Å²) in [6.45, 7) is 9.29. The Balaban J connectivity index is 1.56. The van der Waals surface area contributed by atoms with Crippen LogP contribution in [-0.4, -0.2) is 53.0 Å². The zero-order valence-corrected chi connectivity index (χ0v) is 16.5. The highest BCUT2D eigenvalue weighted by Crippen LogP contribution is 2.16. The van der Waals surface area contributed by atoms with Gasteiger partial charge < -0.3 is 20.5 Å². The van der Waals surface area contributed by atoms with Crippen LogP contribution in [-0.2, 0) is 6.54 Å².